The molecule has 2 heterocycles. The summed E-state index contributed by atoms with van der Waals surface area (Å²) in [4.78, 5) is 86.9. The monoisotopic (exact) mass is 825 g/mol. The van der Waals surface area contributed by atoms with Crippen molar-refractivity contribution in [1.82, 2.24) is 31.6 Å². The zero-order chi connectivity index (χ0) is 34.3. The van der Waals surface area contributed by atoms with Crippen LogP contribution in [0.1, 0.15) is 61.7 Å². The Morgan fingerprint density at radius 2 is 1.76 bits per heavy atom. The van der Waals surface area contributed by atoms with E-state index in [0.717, 1.165) is 4.70 Å². The number of nitrogens with zero attached hydrogens (tertiary/aromatic N) is 2. The number of guanidine groups is 1. The van der Waals surface area contributed by atoms with Crippen molar-refractivity contribution in [1.29, 1.82) is 0 Å². The number of aliphatic imine (C=N–C) groups is 1. The Kier molecular flexibility index (Phi) is 25.6. The highest BCUT2D eigenvalue weighted by molar-refractivity contribution is 7.98. The maximum absolute atomic E-state index is 13.8. The van der Waals surface area contributed by atoms with Crippen LogP contribution in [-0.4, -0.2) is 95.5 Å². The minimum absolute atomic E-state index is 0. The quantitative estimate of drug-likeness (QED) is 0.0673. The third-order valence-electron chi connectivity index (χ3n) is 7.28. The molecule has 4 atom stereocenters. The molecule has 9 N–H and O–H groups in total. The molecule has 1 aromatic carbocycles. The summed E-state index contributed by atoms with van der Waals surface area (Å²) in [5, 5.41) is 13.7. The molecule has 1 fully saturated rings. The zero-order valence-corrected chi connectivity index (χ0v) is 34.1. The van der Waals surface area contributed by atoms with Gasteiger partial charge in [-0.2, -0.15) is 65.7 Å². The van der Waals surface area contributed by atoms with E-state index < -0.39 is 53.7 Å². The molecule has 0 unspecified atom stereocenters. The van der Waals surface area contributed by atoms with E-state index in [1.807, 2.05) is 24.5 Å². The van der Waals surface area contributed by atoms with Crippen LogP contribution in [0.5, 0.6) is 0 Å². The summed E-state index contributed by atoms with van der Waals surface area (Å²) >= 11 is 2.68. The van der Waals surface area contributed by atoms with Gasteiger partial charge in [-0.1, -0.05) is 12.1 Å². The van der Waals surface area contributed by atoms with Crippen molar-refractivity contribution >= 4 is 129 Å². The van der Waals surface area contributed by atoms with Gasteiger partial charge in [0.2, 0.25) is 35.3 Å². The Morgan fingerprint density at radius 3 is 2.41 bits per heavy atom. The van der Waals surface area contributed by atoms with Crippen LogP contribution in [0.3, 0.4) is 0 Å². The summed E-state index contributed by atoms with van der Waals surface area (Å²) in [7, 11) is 0. The number of carbonyl (C=O) groups excluding carboxylic acids is 6. The first-order valence-electron chi connectivity index (χ1n) is 15.4. The normalized spacial score (nSPS) is 18.5. The lowest BCUT2D eigenvalue weighted by Gasteiger charge is -2.26. The molecule has 1 aromatic heterocycles. The number of benzene rings is 1. The lowest BCUT2D eigenvalue weighted by atomic mass is 10.0. The Bertz CT molecular complexity index is 1440. The predicted octanol–water partition coefficient (Wildman–Crippen LogP) is 0.386. The highest BCUT2D eigenvalue weighted by Gasteiger charge is 2.32. The zero-order valence-electron chi connectivity index (χ0n) is 28.5. The minimum atomic E-state index is -1.19. The molecule has 288 valence electrons. The van der Waals surface area contributed by atoms with Crippen LogP contribution >= 0.6 is 77.1 Å². The number of hydrogen-bond donors (Lipinski definition) is 7. The highest BCUT2D eigenvalue weighted by Crippen LogP contribution is 2.23. The minimum Gasteiger partial charge on any atom is -0.370 e. The summed E-state index contributed by atoms with van der Waals surface area (Å²) in [5.41, 5.74) is 11.6. The van der Waals surface area contributed by atoms with Gasteiger partial charge in [0, 0.05) is 20.0 Å². The third-order valence-corrected chi connectivity index (χ3v) is 8.98. The van der Waals surface area contributed by atoms with E-state index in [0.29, 0.717) is 30.5 Å². The molecule has 3 rings (SSSR count). The molecule has 15 nitrogen and oxygen atoms in total. The number of ketones is 1. The molecule has 0 radical (unpaired) electrons. The van der Waals surface area contributed by atoms with Gasteiger partial charge in [0.1, 0.15) is 18.1 Å². The lowest BCUT2D eigenvalue weighted by Crippen LogP contribution is -2.58. The van der Waals surface area contributed by atoms with Crippen LogP contribution in [0.4, 0.5) is 0 Å². The molecule has 1 saturated heterocycles. The molecule has 51 heavy (non-hydrogen) atoms. The van der Waals surface area contributed by atoms with Crippen molar-refractivity contribution in [3.05, 3.63) is 29.3 Å². The van der Waals surface area contributed by atoms with Crippen LogP contribution in [0.15, 0.2) is 29.3 Å². The molecule has 0 bridgehead atoms. The van der Waals surface area contributed by atoms with Crippen LogP contribution < -0.4 is 38.1 Å². The summed E-state index contributed by atoms with van der Waals surface area (Å²) in [6, 6.07) is 3.05. The van der Waals surface area contributed by atoms with E-state index in [9.17, 15) is 28.8 Å². The lowest BCUT2D eigenvalue weighted by molar-refractivity contribution is -0.135. The number of hydrogen-bond acceptors (Lipinski definition) is 10. The van der Waals surface area contributed by atoms with Gasteiger partial charge in [-0.05, 0) is 62.7 Å². The van der Waals surface area contributed by atoms with E-state index in [1.54, 1.807) is 6.07 Å². The number of amides is 5. The van der Waals surface area contributed by atoms with Gasteiger partial charge in [0.15, 0.2) is 11.0 Å². The fraction of sp³-hybridized carbons (Fsp3) is 0.533. The van der Waals surface area contributed by atoms with Gasteiger partial charge >= 0.3 is 0 Å². The molecular formula is C30H51N9O6S6. The van der Waals surface area contributed by atoms with Gasteiger partial charge < -0.3 is 38.1 Å². The number of aromatic nitrogens is 1. The van der Waals surface area contributed by atoms with Crippen molar-refractivity contribution in [2.75, 3.05) is 25.1 Å². The SMILES string of the molecule is CSCC[C@@H]1NC(=O)[C@@H](NC(C)=O)CC(=O)NCCCC[C@@H](C(=O)N[C@@H](CCCN=C(N)N)C(=O)c2nc3ccccc3s2)NC1=O.S.S.S.S. The van der Waals surface area contributed by atoms with Gasteiger partial charge in [-0.15, -0.1) is 11.3 Å². The number of thiazole rings is 1. The molecule has 0 spiro atoms. The Balaban J connectivity index is 0. The number of fused-ring (bicyclic) bond motifs is 1. The van der Waals surface area contributed by atoms with E-state index >= 15 is 0 Å². The topological polar surface area (TPSA) is 240 Å². The second kappa shape index (κ2) is 26.0. The molecular weight excluding hydrogens is 775 g/mol. The van der Waals surface area contributed by atoms with E-state index in [-0.39, 0.29) is 110 Å². The largest absolute Gasteiger partial charge is 0.370 e. The number of rotatable bonds is 12. The van der Waals surface area contributed by atoms with Crippen molar-refractivity contribution in [3.63, 3.8) is 0 Å². The number of nitrogens with one attached hydrogen (secondary N) is 5. The fourth-order valence-corrected chi connectivity index (χ4v) is 6.33. The number of thioether (sulfide) groups is 1. The second-order valence-corrected chi connectivity index (χ2v) is 13.1. The number of carbonyl (C=O) groups is 6. The Morgan fingerprint density at radius 1 is 1.06 bits per heavy atom. The molecule has 1 aliphatic heterocycles. The van der Waals surface area contributed by atoms with E-state index in [1.165, 1.54) is 30.0 Å². The summed E-state index contributed by atoms with van der Waals surface area (Å²) in [5.74, 6) is -2.78. The molecule has 21 heteroatoms. The summed E-state index contributed by atoms with van der Waals surface area (Å²) < 4.78 is 0.825. The van der Waals surface area contributed by atoms with Crippen molar-refractivity contribution in [2.45, 2.75) is 76.0 Å². The fourth-order valence-electron chi connectivity index (χ4n) is 4.90. The first-order chi connectivity index (χ1) is 22.5. The van der Waals surface area contributed by atoms with Gasteiger partial charge in [0.05, 0.1) is 22.7 Å². The molecule has 1 aliphatic rings. The number of para-hydroxylation sites is 1. The van der Waals surface area contributed by atoms with Crippen molar-refractivity contribution in [2.24, 2.45) is 16.5 Å². The number of nitrogens with two attached hydrogens (primary N) is 2. The van der Waals surface area contributed by atoms with Gasteiger partial charge in [-0.3, -0.25) is 33.8 Å². The molecule has 2 aromatic rings. The summed E-state index contributed by atoms with van der Waals surface area (Å²) in [6.45, 7) is 1.73. The molecule has 0 saturated carbocycles. The maximum Gasteiger partial charge on any atom is 0.243 e. The van der Waals surface area contributed by atoms with Crippen molar-refractivity contribution < 1.29 is 28.8 Å². The predicted molar refractivity (Wildman–Crippen MR) is 223 cm³/mol. The average Bonchev–Trinajstić information content (AvgIpc) is 3.46. The van der Waals surface area contributed by atoms with E-state index in [4.69, 9.17) is 11.5 Å². The first kappa shape index (κ1) is 50.3. The van der Waals surface area contributed by atoms with Gasteiger partial charge in [0.25, 0.3) is 0 Å². The van der Waals surface area contributed by atoms with Crippen LogP contribution in [0, 0.1) is 0 Å². The smallest absolute Gasteiger partial charge is 0.243 e. The molecule has 0 aliphatic carbocycles. The standard InChI is InChI=1S/C30H43N9O6S2.4H2S/c1-17(40)35-22-16-24(41)33-13-6-5-9-20(37-27(44)21(12-15-46-2)38-28(22)45)26(43)36-19(10-7-14-34-30(31)32)25(42)29-39-18-8-3-4-11-23(18)47-29;;;;/h3-4,8,11,19-22H,5-7,9-10,12-16H2,1-2H3,(H,33,41)(H,35,40)(H,36,43)(H,37,44)(H,38,45)(H4,31,32,34);4*1H2/t19-,20-,21-,22-;;;;/m0..../s1. The highest BCUT2D eigenvalue weighted by atomic mass is 32.2. The molecule has 5 amide bonds. The Hall–Kier alpha value is -2.85. The second-order valence-electron chi connectivity index (χ2n) is 11.1. The van der Waals surface area contributed by atoms with Crippen LogP contribution in [0.25, 0.3) is 10.2 Å². The summed E-state index contributed by atoms with van der Waals surface area (Å²) in [6.07, 6.45) is 3.52. The number of Topliss-reactive ketones (excluding diaryl/α,β-unsaturated/α-hetero) is 1. The van der Waals surface area contributed by atoms with Crippen molar-refractivity contribution in [3.8, 4) is 0 Å². The Labute approximate surface area is 334 Å². The first-order valence-corrected chi connectivity index (χ1v) is 17.6. The van der Waals surface area contributed by atoms with E-state index in [2.05, 4.69) is 36.6 Å². The van der Waals surface area contributed by atoms with Gasteiger partial charge in [-0.25, -0.2) is 4.98 Å². The van der Waals surface area contributed by atoms with Crippen LogP contribution in [-0.2, 0) is 24.0 Å². The average molecular weight is 826 g/mol. The maximum atomic E-state index is 13.8. The third kappa shape index (κ3) is 17.0. The van der Waals surface area contributed by atoms with Crippen LogP contribution in [0.2, 0.25) is 0 Å².